The molecule has 2 unspecified atom stereocenters. The highest BCUT2D eigenvalue weighted by Gasteiger charge is 2.25. The number of aliphatic hydroxyl groups is 1. The van der Waals surface area contributed by atoms with E-state index in [-0.39, 0.29) is 5.54 Å². The van der Waals surface area contributed by atoms with Gasteiger partial charge in [0.15, 0.2) is 0 Å². The Kier molecular flexibility index (Phi) is 4.77. The lowest BCUT2D eigenvalue weighted by Crippen LogP contribution is -2.46. The average molecular weight is 229 g/mol. The van der Waals surface area contributed by atoms with Gasteiger partial charge in [-0.1, -0.05) is 0 Å². The van der Waals surface area contributed by atoms with Gasteiger partial charge in [-0.2, -0.15) is 0 Å². The van der Waals surface area contributed by atoms with Crippen molar-refractivity contribution in [1.29, 1.82) is 0 Å². The van der Waals surface area contributed by atoms with Gasteiger partial charge in [-0.15, -0.1) is 0 Å². The van der Waals surface area contributed by atoms with Crippen molar-refractivity contribution in [2.24, 2.45) is 0 Å². The van der Waals surface area contributed by atoms with Crippen LogP contribution in [0.4, 0.5) is 0 Å². The van der Waals surface area contributed by atoms with Crippen molar-refractivity contribution >= 4 is 0 Å². The van der Waals surface area contributed by atoms with Gasteiger partial charge in [0.05, 0.1) is 11.7 Å². The molecule has 0 aromatic heterocycles. The van der Waals surface area contributed by atoms with E-state index in [0.717, 1.165) is 25.9 Å². The van der Waals surface area contributed by atoms with Crippen LogP contribution in [0.1, 0.15) is 53.4 Å². The molecule has 16 heavy (non-hydrogen) atoms. The maximum atomic E-state index is 10.2. The van der Waals surface area contributed by atoms with Gasteiger partial charge in [-0.25, -0.2) is 0 Å². The zero-order valence-electron chi connectivity index (χ0n) is 11.2. The molecule has 1 aliphatic heterocycles. The van der Waals surface area contributed by atoms with Crippen molar-refractivity contribution < 1.29 is 9.84 Å². The van der Waals surface area contributed by atoms with Crippen molar-refractivity contribution in [1.82, 2.24) is 5.32 Å². The first-order valence-corrected chi connectivity index (χ1v) is 6.38. The highest BCUT2D eigenvalue weighted by Crippen LogP contribution is 2.21. The number of rotatable bonds is 5. The summed E-state index contributed by atoms with van der Waals surface area (Å²) in [6, 6.07) is 0. The van der Waals surface area contributed by atoms with Crippen LogP contribution in [-0.2, 0) is 4.74 Å². The molecule has 0 amide bonds. The van der Waals surface area contributed by atoms with Crippen molar-refractivity contribution in [2.45, 2.75) is 70.6 Å². The van der Waals surface area contributed by atoms with Gasteiger partial charge in [-0.05, 0) is 53.4 Å². The summed E-state index contributed by atoms with van der Waals surface area (Å²) >= 11 is 0. The molecule has 3 heteroatoms. The van der Waals surface area contributed by atoms with Crippen molar-refractivity contribution in [3.05, 3.63) is 0 Å². The fourth-order valence-corrected chi connectivity index (χ4v) is 1.89. The van der Waals surface area contributed by atoms with Crippen LogP contribution in [0.25, 0.3) is 0 Å². The SMILES string of the molecule is CC(O)(CCC1CCCO1)CNC(C)(C)C. The second-order valence-electron chi connectivity index (χ2n) is 6.27. The Balaban J connectivity index is 2.22. The van der Waals surface area contributed by atoms with Crippen LogP contribution in [0.5, 0.6) is 0 Å². The van der Waals surface area contributed by atoms with Gasteiger partial charge in [0.2, 0.25) is 0 Å². The van der Waals surface area contributed by atoms with Gasteiger partial charge >= 0.3 is 0 Å². The fraction of sp³-hybridized carbons (Fsp3) is 1.00. The minimum atomic E-state index is -0.626. The van der Waals surface area contributed by atoms with Crippen LogP contribution >= 0.6 is 0 Å². The van der Waals surface area contributed by atoms with E-state index < -0.39 is 5.60 Å². The van der Waals surface area contributed by atoms with Crippen LogP contribution in [0.2, 0.25) is 0 Å². The largest absolute Gasteiger partial charge is 0.389 e. The number of β-amino-alcohol motifs (C(OH)–C–C–N with tert-alkyl or cyclic N) is 1. The van der Waals surface area contributed by atoms with Crippen LogP contribution in [0.15, 0.2) is 0 Å². The third kappa shape index (κ3) is 5.83. The molecule has 1 fully saturated rings. The molecule has 3 nitrogen and oxygen atoms in total. The molecule has 1 saturated heterocycles. The summed E-state index contributed by atoms with van der Waals surface area (Å²) in [5.74, 6) is 0. The third-order valence-electron chi connectivity index (χ3n) is 3.03. The Labute approximate surface area is 99.6 Å². The molecule has 0 aliphatic carbocycles. The van der Waals surface area contributed by atoms with Gasteiger partial charge in [0.1, 0.15) is 0 Å². The topological polar surface area (TPSA) is 41.5 Å². The van der Waals surface area contributed by atoms with Crippen LogP contribution < -0.4 is 5.32 Å². The molecule has 96 valence electrons. The predicted molar refractivity (Wildman–Crippen MR) is 66.6 cm³/mol. The fourth-order valence-electron chi connectivity index (χ4n) is 1.89. The Morgan fingerprint density at radius 2 is 2.00 bits per heavy atom. The van der Waals surface area contributed by atoms with E-state index in [1.807, 2.05) is 6.92 Å². The molecule has 2 N–H and O–H groups in total. The van der Waals surface area contributed by atoms with Gasteiger partial charge in [0.25, 0.3) is 0 Å². The first kappa shape index (κ1) is 13.9. The van der Waals surface area contributed by atoms with E-state index in [1.54, 1.807) is 0 Å². The zero-order chi connectivity index (χ0) is 12.2. The first-order chi connectivity index (χ1) is 7.29. The Hall–Kier alpha value is -0.120. The minimum Gasteiger partial charge on any atom is -0.389 e. The van der Waals surface area contributed by atoms with Gasteiger partial charge < -0.3 is 15.2 Å². The lowest BCUT2D eigenvalue weighted by Gasteiger charge is -2.30. The maximum absolute atomic E-state index is 10.2. The summed E-state index contributed by atoms with van der Waals surface area (Å²) in [5, 5.41) is 13.6. The van der Waals surface area contributed by atoms with E-state index in [9.17, 15) is 5.11 Å². The predicted octanol–water partition coefficient (Wildman–Crippen LogP) is 2.08. The second kappa shape index (κ2) is 5.48. The van der Waals surface area contributed by atoms with E-state index in [1.165, 1.54) is 6.42 Å². The molecule has 0 bridgehead atoms. The molecule has 0 aromatic rings. The van der Waals surface area contributed by atoms with Crippen molar-refractivity contribution in [3.63, 3.8) is 0 Å². The van der Waals surface area contributed by atoms with E-state index >= 15 is 0 Å². The van der Waals surface area contributed by atoms with E-state index in [4.69, 9.17) is 4.74 Å². The molecule has 0 spiro atoms. The standard InChI is InChI=1S/C13H27NO2/c1-12(2,3)14-10-13(4,15)8-7-11-6-5-9-16-11/h11,14-15H,5-10H2,1-4H3. The zero-order valence-corrected chi connectivity index (χ0v) is 11.2. The molecule has 0 saturated carbocycles. The molecular formula is C13H27NO2. The summed E-state index contributed by atoms with van der Waals surface area (Å²) in [4.78, 5) is 0. The average Bonchev–Trinajstić information content (AvgIpc) is 2.64. The lowest BCUT2D eigenvalue weighted by molar-refractivity contribution is 0.0213. The molecule has 0 aromatic carbocycles. The maximum Gasteiger partial charge on any atom is 0.0744 e. The summed E-state index contributed by atoms with van der Waals surface area (Å²) < 4.78 is 5.56. The summed E-state index contributed by atoms with van der Waals surface area (Å²) in [7, 11) is 0. The molecule has 1 rings (SSSR count). The second-order valence-corrected chi connectivity index (χ2v) is 6.27. The molecule has 1 aliphatic rings. The number of ether oxygens (including phenoxy) is 1. The minimum absolute atomic E-state index is 0.0633. The Morgan fingerprint density at radius 3 is 2.50 bits per heavy atom. The Morgan fingerprint density at radius 1 is 1.31 bits per heavy atom. The van der Waals surface area contributed by atoms with E-state index in [2.05, 4.69) is 26.1 Å². The summed E-state index contributed by atoms with van der Waals surface area (Å²) in [5.41, 5.74) is -0.562. The van der Waals surface area contributed by atoms with Crippen LogP contribution in [0.3, 0.4) is 0 Å². The van der Waals surface area contributed by atoms with Gasteiger partial charge in [-0.3, -0.25) is 0 Å². The van der Waals surface area contributed by atoms with Crippen LogP contribution in [-0.4, -0.2) is 35.5 Å². The first-order valence-electron chi connectivity index (χ1n) is 6.38. The Bertz CT molecular complexity index is 202. The quantitative estimate of drug-likeness (QED) is 0.758. The van der Waals surface area contributed by atoms with Crippen molar-refractivity contribution in [3.8, 4) is 0 Å². The normalized spacial score (nSPS) is 25.7. The monoisotopic (exact) mass is 229 g/mol. The number of hydrogen-bond donors (Lipinski definition) is 2. The summed E-state index contributed by atoms with van der Waals surface area (Å²) in [6.45, 7) is 9.78. The summed E-state index contributed by atoms with van der Waals surface area (Å²) in [6.07, 6.45) is 4.48. The van der Waals surface area contributed by atoms with Crippen molar-refractivity contribution in [2.75, 3.05) is 13.2 Å². The lowest BCUT2D eigenvalue weighted by atomic mass is 9.95. The molecule has 2 atom stereocenters. The highest BCUT2D eigenvalue weighted by atomic mass is 16.5. The third-order valence-corrected chi connectivity index (χ3v) is 3.03. The highest BCUT2D eigenvalue weighted by molar-refractivity contribution is 4.82. The smallest absolute Gasteiger partial charge is 0.0744 e. The van der Waals surface area contributed by atoms with Gasteiger partial charge in [0, 0.05) is 18.7 Å². The molecular weight excluding hydrogens is 202 g/mol. The number of nitrogens with one attached hydrogen (secondary N) is 1. The number of hydrogen-bond acceptors (Lipinski definition) is 3. The molecule has 1 heterocycles. The molecule has 0 radical (unpaired) electrons. The van der Waals surface area contributed by atoms with Crippen LogP contribution in [0, 0.1) is 0 Å². The van der Waals surface area contributed by atoms with E-state index in [0.29, 0.717) is 12.6 Å².